The Morgan fingerprint density at radius 1 is 1.40 bits per heavy atom. The number of aliphatic hydroxyl groups excluding tert-OH is 1. The van der Waals surface area contributed by atoms with Crippen LogP contribution in [0.3, 0.4) is 0 Å². The fourth-order valence-corrected chi connectivity index (χ4v) is 1.60. The van der Waals surface area contributed by atoms with Crippen LogP contribution in [-0.4, -0.2) is 29.6 Å². The van der Waals surface area contributed by atoms with E-state index >= 15 is 0 Å². The Kier molecular flexibility index (Phi) is 6.27. The molecular weight excluding hydrogens is 256 g/mol. The third-order valence-electron chi connectivity index (χ3n) is 2.61. The summed E-state index contributed by atoms with van der Waals surface area (Å²) in [5.74, 6) is 0.864. The van der Waals surface area contributed by atoms with Crippen LogP contribution in [0.4, 0.5) is 5.69 Å². The molecule has 20 heavy (non-hydrogen) atoms. The van der Waals surface area contributed by atoms with E-state index in [1.54, 1.807) is 24.3 Å². The normalized spacial score (nSPS) is 11.2. The summed E-state index contributed by atoms with van der Waals surface area (Å²) >= 11 is 0. The number of hydrogen-bond acceptors (Lipinski definition) is 3. The van der Waals surface area contributed by atoms with Crippen LogP contribution < -0.4 is 10.6 Å². The number of benzene rings is 1. The molecule has 0 aliphatic carbocycles. The molecule has 0 bridgehead atoms. The zero-order valence-electron chi connectivity index (χ0n) is 11.3. The van der Waals surface area contributed by atoms with Crippen molar-refractivity contribution in [3.8, 4) is 12.3 Å². The SMILES string of the molecule is C#Cc1cccc(NC(=O)C(=O)NCC(O)CCC)c1. The Morgan fingerprint density at radius 3 is 2.80 bits per heavy atom. The first-order chi connectivity index (χ1) is 9.56. The van der Waals surface area contributed by atoms with Crippen molar-refractivity contribution in [1.82, 2.24) is 5.32 Å². The van der Waals surface area contributed by atoms with Crippen molar-refractivity contribution in [2.75, 3.05) is 11.9 Å². The van der Waals surface area contributed by atoms with Crippen molar-refractivity contribution < 1.29 is 14.7 Å². The minimum atomic E-state index is -0.789. The second-order valence-corrected chi connectivity index (χ2v) is 4.33. The molecule has 5 nitrogen and oxygen atoms in total. The number of carbonyl (C=O) groups excluding carboxylic acids is 2. The van der Waals surface area contributed by atoms with Gasteiger partial charge >= 0.3 is 11.8 Å². The third kappa shape index (κ3) is 5.12. The molecule has 1 aromatic carbocycles. The van der Waals surface area contributed by atoms with Crippen molar-refractivity contribution >= 4 is 17.5 Å². The lowest BCUT2D eigenvalue weighted by Crippen LogP contribution is -2.39. The van der Waals surface area contributed by atoms with Gasteiger partial charge in [-0.05, 0) is 24.6 Å². The number of hydrogen-bond donors (Lipinski definition) is 3. The maximum Gasteiger partial charge on any atom is 0.313 e. The summed E-state index contributed by atoms with van der Waals surface area (Å²) in [6.45, 7) is 1.99. The van der Waals surface area contributed by atoms with E-state index in [4.69, 9.17) is 6.42 Å². The fourth-order valence-electron chi connectivity index (χ4n) is 1.60. The van der Waals surface area contributed by atoms with Gasteiger partial charge in [-0.25, -0.2) is 0 Å². The van der Waals surface area contributed by atoms with Gasteiger partial charge in [-0.3, -0.25) is 9.59 Å². The summed E-state index contributed by atoms with van der Waals surface area (Å²) in [6.07, 6.45) is 5.99. The average Bonchev–Trinajstić information content (AvgIpc) is 2.45. The predicted octanol–water partition coefficient (Wildman–Crippen LogP) is 0.884. The van der Waals surface area contributed by atoms with E-state index in [2.05, 4.69) is 16.6 Å². The molecule has 3 N–H and O–H groups in total. The molecule has 0 fully saturated rings. The minimum Gasteiger partial charge on any atom is -0.391 e. The Bertz CT molecular complexity index is 520. The molecular formula is C15H18N2O3. The van der Waals surface area contributed by atoms with E-state index in [0.717, 1.165) is 6.42 Å². The number of amides is 2. The Morgan fingerprint density at radius 2 is 2.15 bits per heavy atom. The quantitative estimate of drug-likeness (QED) is 0.551. The lowest BCUT2D eigenvalue weighted by atomic mass is 10.2. The van der Waals surface area contributed by atoms with Gasteiger partial charge in [-0.1, -0.05) is 25.3 Å². The molecule has 2 amide bonds. The molecule has 1 rings (SSSR count). The van der Waals surface area contributed by atoms with Crippen LogP contribution in [0.5, 0.6) is 0 Å². The lowest BCUT2D eigenvalue weighted by Gasteiger charge is -2.10. The number of carbonyl (C=O) groups is 2. The van der Waals surface area contributed by atoms with Crippen molar-refractivity contribution in [3.05, 3.63) is 29.8 Å². The second-order valence-electron chi connectivity index (χ2n) is 4.33. The summed E-state index contributed by atoms with van der Waals surface area (Å²) < 4.78 is 0. The third-order valence-corrected chi connectivity index (χ3v) is 2.61. The highest BCUT2D eigenvalue weighted by Gasteiger charge is 2.14. The van der Waals surface area contributed by atoms with Crippen LogP contribution >= 0.6 is 0 Å². The zero-order chi connectivity index (χ0) is 15.0. The van der Waals surface area contributed by atoms with E-state index in [9.17, 15) is 14.7 Å². The Hall–Kier alpha value is -2.32. The molecule has 106 valence electrons. The number of nitrogens with one attached hydrogen (secondary N) is 2. The molecule has 5 heteroatoms. The number of aliphatic hydroxyl groups is 1. The van der Waals surface area contributed by atoms with E-state index in [-0.39, 0.29) is 6.54 Å². The summed E-state index contributed by atoms with van der Waals surface area (Å²) in [5.41, 5.74) is 1.07. The predicted molar refractivity (Wildman–Crippen MR) is 76.9 cm³/mol. The highest BCUT2D eigenvalue weighted by molar-refractivity contribution is 6.39. The molecule has 1 aromatic rings. The standard InChI is InChI=1S/C15H18N2O3/c1-3-6-13(18)10-16-14(19)15(20)17-12-8-5-7-11(4-2)9-12/h2,5,7-9,13,18H,3,6,10H2,1H3,(H,16,19)(H,17,20). The highest BCUT2D eigenvalue weighted by Crippen LogP contribution is 2.09. The van der Waals surface area contributed by atoms with Gasteiger partial charge in [0, 0.05) is 17.8 Å². The van der Waals surface area contributed by atoms with Gasteiger partial charge in [0.2, 0.25) is 0 Å². The largest absolute Gasteiger partial charge is 0.391 e. The Labute approximate surface area is 118 Å². The maximum absolute atomic E-state index is 11.6. The summed E-state index contributed by atoms with van der Waals surface area (Å²) in [4.78, 5) is 23.2. The first-order valence-electron chi connectivity index (χ1n) is 6.40. The molecule has 1 unspecified atom stereocenters. The van der Waals surface area contributed by atoms with Gasteiger partial charge in [0.05, 0.1) is 6.10 Å². The molecule has 0 radical (unpaired) electrons. The fraction of sp³-hybridized carbons (Fsp3) is 0.333. The van der Waals surface area contributed by atoms with Gasteiger partial charge in [0.25, 0.3) is 0 Å². The molecule has 0 aliphatic rings. The van der Waals surface area contributed by atoms with Crippen LogP contribution in [0.15, 0.2) is 24.3 Å². The summed E-state index contributed by atoms with van der Waals surface area (Å²) in [5, 5.41) is 14.3. The van der Waals surface area contributed by atoms with Gasteiger partial charge in [0.1, 0.15) is 0 Å². The van der Waals surface area contributed by atoms with Crippen LogP contribution in [0.2, 0.25) is 0 Å². The van der Waals surface area contributed by atoms with Gasteiger partial charge in [-0.2, -0.15) is 0 Å². The zero-order valence-corrected chi connectivity index (χ0v) is 11.3. The van der Waals surface area contributed by atoms with E-state index < -0.39 is 17.9 Å². The van der Waals surface area contributed by atoms with Gasteiger partial charge in [-0.15, -0.1) is 6.42 Å². The molecule has 1 atom stereocenters. The van der Waals surface area contributed by atoms with Gasteiger partial charge in [0.15, 0.2) is 0 Å². The van der Waals surface area contributed by atoms with E-state index in [1.165, 1.54) is 0 Å². The van der Waals surface area contributed by atoms with Crippen molar-refractivity contribution in [2.45, 2.75) is 25.9 Å². The highest BCUT2D eigenvalue weighted by atomic mass is 16.3. The van der Waals surface area contributed by atoms with E-state index in [1.807, 2.05) is 6.92 Å². The molecule has 0 saturated heterocycles. The number of rotatable bonds is 5. The van der Waals surface area contributed by atoms with Crippen molar-refractivity contribution in [3.63, 3.8) is 0 Å². The maximum atomic E-state index is 11.6. The Balaban J connectivity index is 2.49. The van der Waals surface area contributed by atoms with Crippen LogP contribution in [-0.2, 0) is 9.59 Å². The van der Waals surface area contributed by atoms with E-state index in [0.29, 0.717) is 17.7 Å². The van der Waals surface area contributed by atoms with Crippen LogP contribution in [0.1, 0.15) is 25.3 Å². The van der Waals surface area contributed by atoms with Crippen LogP contribution in [0, 0.1) is 12.3 Å². The van der Waals surface area contributed by atoms with Gasteiger partial charge < -0.3 is 15.7 Å². The topological polar surface area (TPSA) is 78.4 Å². The molecule has 0 spiro atoms. The average molecular weight is 274 g/mol. The van der Waals surface area contributed by atoms with Crippen LogP contribution in [0.25, 0.3) is 0 Å². The van der Waals surface area contributed by atoms with Crippen molar-refractivity contribution in [2.24, 2.45) is 0 Å². The molecule has 0 saturated carbocycles. The first kappa shape index (κ1) is 15.7. The monoisotopic (exact) mass is 274 g/mol. The first-order valence-corrected chi connectivity index (χ1v) is 6.40. The minimum absolute atomic E-state index is 0.0600. The molecule has 0 aliphatic heterocycles. The number of terminal acetylenes is 1. The summed E-state index contributed by atoms with van der Waals surface area (Å²) in [7, 11) is 0. The smallest absolute Gasteiger partial charge is 0.313 e. The number of anilines is 1. The molecule has 0 heterocycles. The van der Waals surface area contributed by atoms with Crippen molar-refractivity contribution in [1.29, 1.82) is 0 Å². The lowest BCUT2D eigenvalue weighted by molar-refractivity contribution is -0.136. The molecule has 0 aromatic heterocycles. The summed E-state index contributed by atoms with van der Waals surface area (Å²) in [6, 6.07) is 6.64. The second kappa shape index (κ2) is 7.97.